The molecule has 0 radical (unpaired) electrons. The smallest absolute Gasteiger partial charge is 0.244 e. The molecule has 0 atom stereocenters. The first-order valence-electron chi connectivity index (χ1n) is 15.8. The maximum Gasteiger partial charge on any atom is 0.244 e. The minimum atomic E-state index is -0.273. The number of hydrogen-bond acceptors (Lipinski definition) is 5. The van der Waals surface area contributed by atoms with Crippen LogP contribution in [-0.2, 0) is 27.3 Å². The number of benzene rings is 4. The fraction of sp³-hybridized carbons (Fsp3) is 0.175. The molecule has 246 valence electrons. The van der Waals surface area contributed by atoms with Crippen LogP contribution in [-0.4, -0.2) is 44.5 Å². The van der Waals surface area contributed by atoms with Gasteiger partial charge in [-0.15, -0.1) is 0 Å². The molecule has 8 heteroatoms. The van der Waals surface area contributed by atoms with Gasteiger partial charge in [-0.1, -0.05) is 85.4 Å². The van der Waals surface area contributed by atoms with E-state index in [4.69, 9.17) is 9.47 Å². The van der Waals surface area contributed by atoms with Crippen molar-refractivity contribution in [3.05, 3.63) is 144 Å². The Labute approximate surface area is 282 Å². The molecular formula is C40H41N3O5. The van der Waals surface area contributed by atoms with Crippen molar-refractivity contribution in [1.82, 2.24) is 16.0 Å². The van der Waals surface area contributed by atoms with Gasteiger partial charge in [-0.05, 0) is 82.6 Å². The van der Waals surface area contributed by atoms with Gasteiger partial charge in [0, 0.05) is 25.2 Å². The largest absolute Gasteiger partial charge is 0.493 e. The first-order chi connectivity index (χ1) is 23.4. The molecule has 0 saturated carbocycles. The van der Waals surface area contributed by atoms with Crippen molar-refractivity contribution >= 4 is 29.9 Å². The predicted octanol–water partition coefficient (Wildman–Crippen LogP) is 6.14. The molecule has 48 heavy (non-hydrogen) atoms. The lowest BCUT2D eigenvalue weighted by Crippen LogP contribution is -2.26. The zero-order chi connectivity index (χ0) is 34.0. The van der Waals surface area contributed by atoms with Crippen molar-refractivity contribution < 1.29 is 23.9 Å². The summed E-state index contributed by atoms with van der Waals surface area (Å²) in [5, 5.41) is 8.57. The molecule has 4 aromatic carbocycles. The maximum atomic E-state index is 12.6. The summed E-state index contributed by atoms with van der Waals surface area (Å²) in [4.78, 5) is 36.6. The van der Waals surface area contributed by atoms with E-state index in [1.165, 1.54) is 23.8 Å². The van der Waals surface area contributed by atoms with Crippen LogP contribution in [0, 0.1) is 0 Å². The third-order valence-corrected chi connectivity index (χ3v) is 7.34. The minimum absolute atomic E-state index is 0.167. The summed E-state index contributed by atoms with van der Waals surface area (Å²) in [5.74, 6) is 0.348. The molecule has 0 aliphatic rings. The average molecular weight is 644 g/mol. The zero-order valence-corrected chi connectivity index (χ0v) is 27.1. The summed E-state index contributed by atoms with van der Waals surface area (Å²) < 4.78 is 11.3. The van der Waals surface area contributed by atoms with Crippen molar-refractivity contribution in [2.24, 2.45) is 0 Å². The molecular weight excluding hydrogens is 602 g/mol. The number of rotatable bonds is 17. The van der Waals surface area contributed by atoms with E-state index >= 15 is 0 Å². The van der Waals surface area contributed by atoms with Crippen LogP contribution in [0.4, 0.5) is 0 Å². The van der Waals surface area contributed by atoms with Crippen LogP contribution < -0.4 is 25.4 Å². The summed E-state index contributed by atoms with van der Waals surface area (Å²) in [6.07, 6.45) is 9.40. The molecule has 0 bridgehead atoms. The molecule has 8 nitrogen and oxygen atoms in total. The molecule has 0 unspecified atom stereocenters. The highest BCUT2D eigenvalue weighted by Crippen LogP contribution is 2.28. The maximum absolute atomic E-state index is 12.6. The van der Waals surface area contributed by atoms with Gasteiger partial charge < -0.3 is 25.4 Å². The van der Waals surface area contributed by atoms with Gasteiger partial charge >= 0.3 is 0 Å². The van der Waals surface area contributed by atoms with Gasteiger partial charge in [-0.2, -0.15) is 0 Å². The molecule has 0 aliphatic carbocycles. The monoisotopic (exact) mass is 643 g/mol. The number of hydrogen-bond donors (Lipinski definition) is 3. The Morgan fingerprint density at radius 3 is 2.04 bits per heavy atom. The predicted molar refractivity (Wildman–Crippen MR) is 191 cm³/mol. The van der Waals surface area contributed by atoms with Gasteiger partial charge in [0.25, 0.3) is 0 Å². The van der Waals surface area contributed by atoms with Crippen LogP contribution in [0.25, 0.3) is 23.3 Å². The molecule has 3 N–H and O–H groups in total. The van der Waals surface area contributed by atoms with E-state index < -0.39 is 0 Å². The summed E-state index contributed by atoms with van der Waals surface area (Å²) >= 11 is 0. The van der Waals surface area contributed by atoms with Gasteiger partial charge in [0.2, 0.25) is 17.7 Å². The first kappa shape index (κ1) is 35.0. The van der Waals surface area contributed by atoms with Crippen molar-refractivity contribution in [2.75, 3.05) is 26.8 Å². The number of aryl methyl sites for hydroxylation is 1. The highest BCUT2D eigenvalue weighted by Gasteiger charge is 2.08. The minimum Gasteiger partial charge on any atom is -0.493 e. The van der Waals surface area contributed by atoms with E-state index in [0.29, 0.717) is 24.6 Å². The molecule has 4 aromatic rings. The van der Waals surface area contributed by atoms with Crippen LogP contribution >= 0.6 is 0 Å². The molecule has 0 saturated heterocycles. The second-order valence-electron chi connectivity index (χ2n) is 10.8. The highest BCUT2D eigenvalue weighted by molar-refractivity contribution is 5.92. The van der Waals surface area contributed by atoms with Crippen molar-refractivity contribution in [3.8, 4) is 22.6 Å². The SMILES string of the molecule is C=CC(=O)NCc1cc(/C=C\C(=O)NCCOc2cc(/C=C\C(=O)NCCCc3ccccc3)ccc2OC)ccc1-c1ccccc1. The molecule has 0 aromatic heterocycles. The Morgan fingerprint density at radius 2 is 1.35 bits per heavy atom. The lowest BCUT2D eigenvalue weighted by Gasteiger charge is -2.12. The number of methoxy groups -OCH3 is 1. The molecule has 0 fully saturated rings. The van der Waals surface area contributed by atoms with Gasteiger partial charge in [-0.3, -0.25) is 14.4 Å². The number of ether oxygens (including phenoxy) is 2. The number of carbonyl (C=O) groups excluding carboxylic acids is 3. The summed E-state index contributed by atoms with van der Waals surface area (Å²) in [7, 11) is 1.55. The Balaban J connectivity index is 1.26. The van der Waals surface area contributed by atoms with Crippen LogP contribution in [0.1, 0.15) is 28.7 Å². The fourth-order valence-corrected chi connectivity index (χ4v) is 4.87. The van der Waals surface area contributed by atoms with E-state index in [0.717, 1.165) is 40.7 Å². The quantitative estimate of drug-likeness (QED) is 0.0948. The van der Waals surface area contributed by atoms with E-state index in [1.54, 1.807) is 31.4 Å². The Bertz CT molecular complexity index is 1730. The van der Waals surface area contributed by atoms with Crippen molar-refractivity contribution in [2.45, 2.75) is 19.4 Å². The molecule has 0 heterocycles. The third-order valence-electron chi connectivity index (χ3n) is 7.34. The lowest BCUT2D eigenvalue weighted by molar-refractivity contribution is -0.117. The standard InChI is InChI=1S/C40H41N3O5/c1-3-38(44)43-29-34-27-31(16-20-35(34)33-14-8-5-9-15-33)18-22-40(46)42-25-26-48-37-28-32(17-21-36(37)47-2)19-23-39(45)41-24-10-13-30-11-6-4-7-12-30/h3-9,11-12,14-23,27-28H,1,10,13,24-26,29H2,2H3,(H,41,45)(H,42,46)(H,43,44)/b22-18-,23-19-. The zero-order valence-electron chi connectivity index (χ0n) is 27.1. The van der Waals surface area contributed by atoms with E-state index in [1.807, 2.05) is 72.8 Å². The van der Waals surface area contributed by atoms with Gasteiger partial charge in [0.05, 0.1) is 13.7 Å². The lowest BCUT2D eigenvalue weighted by atomic mass is 9.97. The Morgan fingerprint density at radius 1 is 0.708 bits per heavy atom. The van der Waals surface area contributed by atoms with Crippen LogP contribution in [0.2, 0.25) is 0 Å². The van der Waals surface area contributed by atoms with Gasteiger partial charge in [-0.25, -0.2) is 0 Å². The summed E-state index contributed by atoms with van der Waals surface area (Å²) in [6.45, 7) is 4.90. The van der Waals surface area contributed by atoms with Crippen molar-refractivity contribution in [3.63, 3.8) is 0 Å². The average Bonchev–Trinajstić information content (AvgIpc) is 3.13. The molecule has 0 spiro atoms. The fourth-order valence-electron chi connectivity index (χ4n) is 4.87. The molecule has 0 aliphatic heterocycles. The molecule has 4 rings (SSSR count). The van der Waals surface area contributed by atoms with E-state index in [-0.39, 0.29) is 30.9 Å². The Hall–Kier alpha value is -5.89. The highest BCUT2D eigenvalue weighted by atomic mass is 16.5. The number of nitrogens with one attached hydrogen (secondary N) is 3. The van der Waals surface area contributed by atoms with E-state index in [9.17, 15) is 14.4 Å². The number of amides is 3. The first-order valence-corrected chi connectivity index (χ1v) is 15.8. The van der Waals surface area contributed by atoms with Gasteiger partial charge in [0.1, 0.15) is 6.61 Å². The van der Waals surface area contributed by atoms with Crippen molar-refractivity contribution in [1.29, 1.82) is 0 Å². The topological polar surface area (TPSA) is 106 Å². The second-order valence-corrected chi connectivity index (χ2v) is 10.8. The van der Waals surface area contributed by atoms with E-state index in [2.05, 4.69) is 34.7 Å². The molecule has 3 amide bonds. The van der Waals surface area contributed by atoms with Crippen LogP contribution in [0.3, 0.4) is 0 Å². The summed E-state index contributed by atoms with van der Waals surface area (Å²) in [6, 6.07) is 31.3. The van der Waals surface area contributed by atoms with Crippen LogP contribution in [0.5, 0.6) is 11.5 Å². The van der Waals surface area contributed by atoms with Crippen LogP contribution in [0.15, 0.2) is 122 Å². The number of carbonyl (C=O) groups is 3. The second kappa shape index (κ2) is 18.9. The Kier molecular flexibility index (Phi) is 13.8. The normalized spacial score (nSPS) is 10.9. The van der Waals surface area contributed by atoms with Gasteiger partial charge in [0.15, 0.2) is 11.5 Å². The third kappa shape index (κ3) is 11.5. The summed E-state index contributed by atoms with van der Waals surface area (Å²) in [5.41, 5.74) is 5.78.